The van der Waals surface area contributed by atoms with Crippen molar-refractivity contribution in [3.63, 3.8) is 0 Å². The molecule has 2 atom stereocenters. The van der Waals surface area contributed by atoms with Gasteiger partial charge in [-0.15, -0.1) is 0 Å². The van der Waals surface area contributed by atoms with Gasteiger partial charge in [-0.05, 0) is 37.7 Å². The molecule has 0 saturated heterocycles. The first-order valence-corrected chi connectivity index (χ1v) is 7.10. The predicted molar refractivity (Wildman–Crippen MR) is 78.2 cm³/mol. The van der Waals surface area contributed by atoms with Crippen molar-refractivity contribution in [3.05, 3.63) is 48.0 Å². The Kier molecular flexibility index (Phi) is 4.61. The summed E-state index contributed by atoms with van der Waals surface area (Å²) in [5.41, 5.74) is 0.761. The number of aliphatic hydroxyl groups is 1. The molecule has 108 valence electrons. The highest BCUT2D eigenvalue weighted by Gasteiger charge is 2.47. The minimum absolute atomic E-state index is 0.219. The summed E-state index contributed by atoms with van der Waals surface area (Å²) in [5.74, 6) is -0.750. The van der Waals surface area contributed by atoms with Crippen LogP contribution in [0, 0.1) is 5.92 Å². The van der Waals surface area contributed by atoms with Crippen molar-refractivity contribution in [1.82, 2.24) is 0 Å². The van der Waals surface area contributed by atoms with Crippen molar-refractivity contribution in [2.45, 2.75) is 37.7 Å². The number of benzene rings is 1. The quantitative estimate of drug-likeness (QED) is 0.678. The topological polar surface area (TPSA) is 46.5 Å². The largest absolute Gasteiger partial charge is 0.467 e. The summed E-state index contributed by atoms with van der Waals surface area (Å²) in [5, 5.41) is 10.7. The van der Waals surface area contributed by atoms with E-state index in [2.05, 4.69) is 18.7 Å². The molecule has 1 aliphatic carbocycles. The zero-order valence-corrected chi connectivity index (χ0v) is 12.0. The maximum Gasteiger partial charge on any atom is 0.338 e. The Morgan fingerprint density at radius 1 is 1.45 bits per heavy atom. The van der Waals surface area contributed by atoms with Gasteiger partial charge in [0.2, 0.25) is 0 Å². The average Bonchev–Trinajstić information content (AvgIpc) is 2.47. The molecule has 1 aromatic carbocycles. The Labute approximate surface area is 120 Å². The van der Waals surface area contributed by atoms with Gasteiger partial charge in [-0.1, -0.05) is 42.5 Å². The number of methoxy groups -OCH3 is 1. The standard InChI is InChI=1S/C17H22O3/c1-13-7-6-12-17(19,16(18)20-2)15(13)11-10-14-8-4-3-5-9-14/h3-5,8-9,15,19H,1,6-7,10-12H2,2H3/t15-,17+/m1/s1. The molecule has 1 saturated carbocycles. The Balaban J connectivity index is 2.12. The van der Waals surface area contributed by atoms with Crippen LogP contribution >= 0.6 is 0 Å². The van der Waals surface area contributed by atoms with Gasteiger partial charge in [0.1, 0.15) is 0 Å². The summed E-state index contributed by atoms with van der Waals surface area (Å²) in [6.07, 6.45) is 3.65. The third kappa shape index (κ3) is 2.93. The van der Waals surface area contributed by atoms with Gasteiger partial charge in [-0.2, -0.15) is 0 Å². The van der Waals surface area contributed by atoms with E-state index in [1.54, 1.807) is 0 Å². The number of hydrogen-bond acceptors (Lipinski definition) is 3. The molecule has 0 aromatic heterocycles. The van der Waals surface area contributed by atoms with Crippen LogP contribution in [0.5, 0.6) is 0 Å². The molecular formula is C17H22O3. The SMILES string of the molecule is C=C1CCC[C@@](O)(C(=O)OC)[C@@H]1CCc1ccccc1. The summed E-state index contributed by atoms with van der Waals surface area (Å²) in [6.45, 7) is 4.05. The molecule has 0 heterocycles. The van der Waals surface area contributed by atoms with Crippen molar-refractivity contribution in [1.29, 1.82) is 0 Å². The lowest BCUT2D eigenvalue weighted by Gasteiger charge is -2.39. The van der Waals surface area contributed by atoms with Crippen molar-refractivity contribution in [2.75, 3.05) is 7.11 Å². The molecule has 3 nitrogen and oxygen atoms in total. The van der Waals surface area contributed by atoms with Gasteiger partial charge in [0.25, 0.3) is 0 Å². The number of carbonyl (C=O) groups is 1. The Bertz CT molecular complexity index is 480. The zero-order chi connectivity index (χ0) is 14.6. The van der Waals surface area contributed by atoms with Gasteiger partial charge in [0.05, 0.1) is 7.11 Å². The predicted octanol–water partition coefficient (Wildman–Crippen LogP) is 2.88. The molecule has 0 bridgehead atoms. The van der Waals surface area contributed by atoms with Gasteiger partial charge in [-0.25, -0.2) is 4.79 Å². The van der Waals surface area contributed by atoms with Crippen LogP contribution in [-0.4, -0.2) is 23.8 Å². The lowest BCUT2D eigenvalue weighted by molar-refractivity contribution is -0.170. The second-order valence-corrected chi connectivity index (χ2v) is 5.50. The van der Waals surface area contributed by atoms with E-state index in [0.717, 1.165) is 24.8 Å². The van der Waals surface area contributed by atoms with Gasteiger partial charge < -0.3 is 9.84 Å². The number of esters is 1. The van der Waals surface area contributed by atoms with Crippen LogP contribution < -0.4 is 0 Å². The van der Waals surface area contributed by atoms with Gasteiger partial charge >= 0.3 is 5.97 Å². The average molecular weight is 274 g/mol. The van der Waals surface area contributed by atoms with Crippen LogP contribution in [0.3, 0.4) is 0 Å². The molecule has 1 N–H and O–H groups in total. The van der Waals surface area contributed by atoms with Crippen LogP contribution in [0.4, 0.5) is 0 Å². The number of ether oxygens (including phenoxy) is 1. The van der Waals surface area contributed by atoms with E-state index in [1.165, 1.54) is 12.7 Å². The van der Waals surface area contributed by atoms with E-state index in [0.29, 0.717) is 12.8 Å². The number of rotatable bonds is 4. The first kappa shape index (κ1) is 14.8. The van der Waals surface area contributed by atoms with Crippen molar-refractivity contribution in [2.24, 2.45) is 5.92 Å². The zero-order valence-electron chi connectivity index (χ0n) is 12.0. The highest BCUT2D eigenvalue weighted by molar-refractivity contribution is 5.80. The second-order valence-electron chi connectivity index (χ2n) is 5.50. The number of carbonyl (C=O) groups excluding carboxylic acids is 1. The minimum Gasteiger partial charge on any atom is -0.467 e. The van der Waals surface area contributed by atoms with Crippen LogP contribution in [0.2, 0.25) is 0 Å². The van der Waals surface area contributed by atoms with Crippen LogP contribution in [0.25, 0.3) is 0 Å². The lowest BCUT2D eigenvalue weighted by Crippen LogP contribution is -2.49. The monoisotopic (exact) mass is 274 g/mol. The first-order valence-electron chi connectivity index (χ1n) is 7.10. The fourth-order valence-electron chi connectivity index (χ4n) is 3.09. The van der Waals surface area contributed by atoms with Crippen LogP contribution in [0.1, 0.15) is 31.2 Å². The third-order valence-electron chi connectivity index (χ3n) is 4.23. The van der Waals surface area contributed by atoms with E-state index in [-0.39, 0.29) is 5.92 Å². The first-order chi connectivity index (χ1) is 9.58. The molecule has 20 heavy (non-hydrogen) atoms. The second kappa shape index (κ2) is 6.23. The number of aryl methyl sites for hydroxylation is 1. The van der Waals surface area contributed by atoms with Crippen molar-refractivity contribution < 1.29 is 14.6 Å². The summed E-state index contributed by atoms with van der Waals surface area (Å²) >= 11 is 0. The molecule has 3 heteroatoms. The van der Waals surface area contributed by atoms with Crippen molar-refractivity contribution in [3.8, 4) is 0 Å². The van der Waals surface area contributed by atoms with Gasteiger partial charge in [-0.3, -0.25) is 0 Å². The van der Waals surface area contributed by atoms with Crippen molar-refractivity contribution >= 4 is 5.97 Å². The summed E-state index contributed by atoms with van der Waals surface area (Å²) in [6, 6.07) is 10.1. The van der Waals surface area contributed by atoms with E-state index in [4.69, 9.17) is 4.74 Å². The normalized spacial score (nSPS) is 26.3. The van der Waals surface area contributed by atoms with E-state index < -0.39 is 11.6 Å². The Hall–Kier alpha value is -1.61. The molecule has 1 fully saturated rings. The molecule has 1 aromatic rings. The van der Waals surface area contributed by atoms with Gasteiger partial charge in [0, 0.05) is 5.92 Å². The molecule has 0 radical (unpaired) electrons. The van der Waals surface area contributed by atoms with E-state index in [9.17, 15) is 9.90 Å². The molecule has 1 aliphatic rings. The van der Waals surface area contributed by atoms with Crippen LogP contribution in [-0.2, 0) is 16.0 Å². The molecule has 0 amide bonds. The fourth-order valence-corrected chi connectivity index (χ4v) is 3.09. The fraction of sp³-hybridized carbons (Fsp3) is 0.471. The molecule has 0 spiro atoms. The Morgan fingerprint density at radius 3 is 2.80 bits per heavy atom. The third-order valence-corrected chi connectivity index (χ3v) is 4.23. The van der Waals surface area contributed by atoms with E-state index in [1.807, 2.05) is 18.2 Å². The summed E-state index contributed by atoms with van der Waals surface area (Å²) < 4.78 is 4.79. The highest BCUT2D eigenvalue weighted by atomic mass is 16.5. The highest BCUT2D eigenvalue weighted by Crippen LogP contribution is 2.40. The maximum absolute atomic E-state index is 11.9. The van der Waals surface area contributed by atoms with E-state index >= 15 is 0 Å². The molecule has 2 rings (SSSR count). The smallest absolute Gasteiger partial charge is 0.338 e. The minimum atomic E-state index is -1.40. The maximum atomic E-state index is 11.9. The van der Waals surface area contributed by atoms with Gasteiger partial charge in [0.15, 0.2) is 5.60 Å². The number of hydrogen-bond donors (Lipinski definition) is 1. The summed E-state index contributed by atoms with van der Waals surface area (Å²) in [7, 11) is 1.33. The molecular weight excluding hydrogens is 252 g/mol. The Morgan fingerprint density at radius 2 is 2.15 bits per heavy atom. The molecule has 0 aliphatic heterocycles. The summed E-state index contributed by atoms with van der Waals surface area (Å²) in [4.78, 5) is 11.9. The molecule has 0 unspecified atom stereocenters. The van der Waals surface area contributed by atoms with Crippen LogP contribution in [0.15, 0.2) is 42.5 Å². The lowest BCUT2D eigenvalue weighted by atomic mass is 9.70.